The van der Waals surface area contributed by atoms with E-state index in [9.17, 15) is 0 Å². The van der Waals surface area contributed by atoms with Crippen LogP contribution in [0.15, 0.2) is 36.4 Å². The molecular weight excluding hydrogens is 296 g/mol. The summed E-state index contributed by atoms with van der Waals surface area (Å²) in [5, 5.41) is 0. The van der Waals surface area contributed by atoms with E-state index in [0.717, 1.165) is 36.7 Å². The third-order valence-corrected chi connectivity index (χ3v) is 6.32. The van der Waals surface area contributed by atoms with Crippen molar-refractivity contribution in [3.8, 4) is 5.75 Å². The smallest absolute Gasteiger partial charge is 0.127 e. The molecule has 1 aromatic carbocycles. The number of hydrogen-bond donors (Lipinski definition) is 2. The summed E-state index contributed by atoms with van der Waals surface area (Å²) < 4.78 is 5.53. The predicted octanol–water partition coefficient (Wildman–Crippen LogP) is 0.581. The van der Waals surface area contributed by atoms with Crippen molar-refractivity contribution in [2.24, 2.45) is 17.8 Å². The molecule has 3 aliphatic rings. The number of ether oxygens (including phenoxy) is 1. The second-order valence-electron chi connectivity index (χ2n) is 8.00. The van der Waals surface area contributed by atoms with E-state index in [1.165, 1.54) is 51.1 Å². The summed E-state index contributed by atoms with van der Waals surface area (Å²) in [6, 6.07) is 8.70. The maximum absolute atomic E-state index is 5.53. The summed E-state index contributed by atoms with van der Waals surface area (Å²) >= 11 is 0. The van der Waals surface area contributed by atoms with Crippen LogP contribution in [0.5, 0.6) is 5.75 Å². The largest absolute Gasteiger partial charge is 0.494 e. The van der Waals surface area contributed by atoms with E-state index in [1.807, 2.05) is 11.8 Å². The van der Waals surface area contributed by atoms with Gasteiger partial charge in [0.2, 0.25) is 0 Å². The zero-order valence-electron chi connectivity index (χ0n) is 15.0. The molecule has 130 valence electrons. The standard InChI is InChI=1S/C21H30N2O/c1-2-24-21-7-4-17(5-8-21)15-22-9-11-23(12-10-22)16-20-14-18-3-6-19(20)13-18/h3-8,18-20H,2,9-16H2,1H3/p+2/t18-,19-,20-/m0/s1. The van der Waals surface area contributed by atoms with Gasteiger partial charge in [0.15, 0.2) is 0 Å². The molecule has 3 nitrogen and oxygen atoms in total. The number of hydrogen-bond acceptors (Lipinski definition) is 1. The molecule has 0 radical (unpaired) electrons. The first-order chi connectivity index (χ1) is 11.8. The Morgan fingerprint density at radius 3 is 2.33 bits per heavy atom. The second kappa shape index (κ2) is 7.28. The summed E-state index contributed by atoms with van der Waals surface area (Å²) in [7, 11) is 0. The van der Waals surface area contributed by atoms with Crippen LogP contribution in [0, 0.1) is 17.8 Å². The average Bonchev–Trinajstić information content (AvgIpc) is 3.22. The van der Waals surface area contributed by atoms with E-state index in [1.54, 1.807) is 4.90 Å². The van der Waals surface area contributed by atoms with Crippen LogP contribution in [0.2, 0.25) is 0 Å². The Balaban J connectivity index is 1.22. The van der Waals surface area contributed by atoms with Gasteiger partial charge in [0, 0.05) is 11.5 Å². The lowest BCUT2D eigenvalue weighted by Gasteiger charge is -2.32. The van der Waals surface area contributed by atoms with Gasteiger partial charge in [0.1, 0.15) is 38.5 Å². The highest BCUT2D eigenvalue weighted by atomic mass is 16.5. The number of fused-ring (bicyclic) bond motifs is 2. The van der Waals surface area contributed by atoms with Crippen molar-refractivity contribution >= 4 is 0 Å². The molecule has 4 rings (SSSR count). The SMILES string of the molecule is CCOc1ccc(C[NH+]2CC[NH+](C[C@@H]3C[C@H]4C=C[C@H]3C4)CC2)cc1. The lowest BCUT2D eigenvalue weighted by molar-refractivity contribution is -1.02. The molecule has 2 N–H and O–H groups in total. The van der Waals surface area contributed by atoms with Crippen LogP contribution in [0.25, 0.3) is 0 Å². The summed E-state index contributed by atoms with van der Waals surface area (Å²) in [4.78, 5) is 3.60. The van der Waals surface area contributed by atoms with E-state index < -0.39 is 0 Å². The molecule has 2 fully saturated rings. The number of piperazine rings is 1. The van der Waals surface area contributed by atoms with Crippen molar-refractivity contribution in [1.29, 1.82) is 0 Å². The monoisotopic (exact) mass is 328 g/mol. The van der Waals surface area contributed by atoms with Gasteiger partial charge in [-0.1, -0.05) is 12.2 Å². The maximum atomic E-state index is 5.53. The first-order valence-electron chi connectivity index (χ1n) is 9.87. The van der Waals surface area contributed by atoms with Crippen molar-refractivity contribution < 1.29 is 14.5 Å². The van der Waals surface area contributed by atoms with Gasteiger partial charge in [-0.05, 0) is 55.9 Å². The van der Waals surface area contributed by atoms with Gasteiger partial charge in [-0.3, -0.25) is 0 Å². The maximum Gasteiger partial charge on any atom is 0.127 e. The van der Waals surface area contributed by atoms with Crippen molar-refractivity contribution in [1.82, 2.24) is 0 Å². The normalized spacial score (nSPS) is 34.6. The number of rotatable bonds is 6. The highest BCUT2D eigenvalue weighted by Crippen LogP contribution is 2.42. The van der Waals surface area contributed by atoms with Crippen LogP contribution in [-0.2, 0) is 6.54 Å². The molecule has 1 aliphatic heterocycles. The number of nitrogens with one attached hydrogen (secondary N) is 2. The molecule has 3 heteroatoms. The van der Waals surface area contributed by atoms with Gasteiger partial charge in [0.05, 0.1) is 13.2 Å². The number of quaternary nitrogens is 2. The third-order valence-electron chi connectivity index (χ3n) is 6.32. The number of allylic oxidation sites excluding steroid dienone is 2. The molecular formula is C21H32N2O+2. The molecule has 1 heterocycles. The molecule has 0 amide bonds. The van der Waals surface area contributed by atoms with Crippen molar-refractivity contribution in [2.75, 3.05) is 39.3 Å². The molecule has 2 bridgehead atoms. The van der Waals surface area contributed by atoms with Gasteiger partial charge in [0.25, 0.3) is 0 Å². The molecule has 1 aromatic rings. The Kier molecular flexibility index (Phi) is 4.91. The zero-order chi connectivity index (χ0) is 16.4. The van der Waals surface area contributed by atoms with Gasteiger partial charge >= 0.3 is 0 Å². The van der Waals surface area contributed by atoms with E-state index in [4.69, 9.17) is 4.74 Å². The van der Waals surface area contributed by atoms with E-state index >= 15 is 0 Å². The fraction of sp³-hybridized carbons (Fsp3) is 0.619. The van der Waals surface area contributed by atoms with Crippen LogP contribution < -0.4 is 14.5 Å². The minimum atomic E-state index is 0.744. The van der Waals surface area contributed by atoms with Crippen LogP contribution in [-0.4, -0.2) is 39.3 Å². The highest BCUT2D eigenvalue weighted by molar-refractivity contribution is 5.26. The lowest BCUT2D eigenvalue weighted by atomic mass is 9.93. The van der Waals surface area contributed by atoms with Gasteiger partial charge < -0.3 is 14.5 Å². The molecule has 0 aromatic heterocycles. The minimum Gasteiger partial charge on any atom is -0.494 e. The Labute approximate surface area is 146 Å². The van der Waals surface area contributed by atoms with Crippen molar-refractivity contribution in [3.63, 3.8) is 0 Å². The van der Waals surface area contributed by atoms with Crippen molar-refractivity contribution in [3.05, 3.63) is 42.0 Å². The summed E-state index contributed by atoms with van der Waals surface area (Å²) in [5.41, 5.74) is 1.44. The van der Waals surface area contributed by atoms with E-state index in [-0.39, 0.29) is 0 Å². The van der Waals surface area contributed by atoms with Crippen LogP contribution in [0.4, 0.5) is 0 Å². The molecule has 1 saturated heterocycles. The molecule has 24 heavy (non-hydrogen) atoms. The Morgan fingerprint density at radius 1 is 0.958 bits per heavy atom. The van der Waals surface area contributed by atoms with E-state index in [2.05, 4.69) is 36.4 Å². The second-order valence-corrected chi connectivity index (χ2v) is 8.00. The highest BCUT2D eigenvalue weighted by Gasteiger charge is 2.38. The fourth-order valence-electron chi connectivity index (χ4n) is 5.00. The lowest BCUT2D eigenvalue weighted by Crippen LogP contribution is -3.27. The zero-order valence-corrected chi connectivity index (χ0v) is 15.0. The first kappa shape index (κ1) is 16.2. The summed E-state index contributed by atoms with van der Waals surface area (Å²) in [6.07, 6.45) is 7.89. The minimum absolute atomic E-state index is 0.744. The van der Waals surface area contributed by atoms with Crippen LogP contribution in [0.3, 0.4) is 0 Å². The molecule has 0 spiro atoms. The van der Waals surface area contributed by atoms with Crippen molar-refractivity contribution in [2.45, 2.75) is 26.3 Å². The van der Waals surface area contributed by atoms with Gasteiger partial charge in [-0.15, -0.1) is 0 Å². The number of benzene rings is 1. The summed E-state index contributed by atoms with van der Waals surface area (Å²) in [6.45, 7) is 10.7. The third kappa shape index (κ3) is 3.68. The Hall–Kier alpha value is -1.32. The van der Waals surface area contributed by atoms with E-state index in [0.29, 0.717) is 0 Å². The fourth-order valence-corrected chi connectivity index (χ4v) is 5.00. The molecule has 1 saturated carbocycles. The van der Waals surface area contributed by atoms with Crippen LogP contribution >= 0.6 is 0 Å². The average molecular weight is 329 g/mol. The topological polar surface area (TPSA) is 18.1 Å². The molecule has 3 atom stereocenters. The molecule has 2 aliphatic carbocycles. The Morgan fingerprint density at radius 2 is 1.71 bits per heavy atom. The summed E-state index contributed by atoms with van der Waals surface area (Å²) in [5.74, 6) is 3.80. The predicted molar refractivity (Wildman–Crippen MR) is 96.4 cm³/mol. The van der Waals surface area contributed by atoms with Gasteiger partial charge in [-0.25, -0.2) is 0 Å². The first-order valence-corrected chi connectivity index (χ1v) is 9.87. The van der Waals surface area contributed by atoms with Crippen LogP contribution in [0.1, 0.15) is 25.3 Å². The van der Waals surface area contributed by atoms with Gasteiger partial charge in [-0.2, -0.15) is 0 Å². The molecule has 0 unspecified atom stereocenters. The Bertz CT molecular complexity index is 560. The quantitative estimate of drug-likeness (QED) is 0.731.